The molecule has 8 N–H and O–H groups in total. The minimum absolute atomic E-state index is 0.452. The fourth-order valence-corrected chi connectivity index (χ4v) is 1.74. The van der Waals surface area contributed by atoms with E-state index < -0.39 is 79.5 Å². The summed E-state index contributed by atoms with van der Waals surface area (Å²) < 4.78 is 0. The van der Waals surface area contributed by atoms with Crippen LogP contribution in [0.4, 0.5) is 0 Å². The number of nitrogens with two attached hydrogens (primary N) is 1. The zero-order valence-corrected chi connectivity index (χ0v) is 13.4. The van der Waals surface area contributed by atoms with Gasteiger partial charge in [0.1, 0.15) is 12.1 Å². The number of carboxylic acids is 4. The van der Waals surface area contributed by atoms with Crippen molar-refractivity contribution in [1.29, 1.82) is 0 Å². The summed E-state index contributed by atoms with van der Waals surface area (Å²) >= 11 is 0. The highest BCUT2D eigenvalue weighted by Crippen LogP contribution is 2.02. The molecule has 13 heteroatoms. The summed E-state index contributed by atoms with van der Waals surface area (Å²) in [5, 5.41) is 38.7. The van der Waals surface area contributed by atoms with Crippen molar-refractivity contribution in [3.8, 4) is 0 Å². The predicted molar refractivity (Wildman–Crippen MR) is 80.8 cm³/mol. The van der Waals surface area contributed by atoms with Crippen LogP contribution in [-0.4, -0.2) is 74.2 Å². The summed E-state index contributed by atoms with van der Waals surface area (Å²) in [6, 6.07) is -4.88. The van der Waals surface area contributed by atoms with Crippen molar-refractivity contribution in [2.24, 2.45) is 5.73 Å². The Bertz CT molecular complexity index is 591. The summed E-state index contributed by atoms with van der Waals surface area (Å²) in [6.07, 6.45) is -2.73. The zero-order chi connectivity index (χ0) is 20.4. The Labute approximate surface area is 146 Å². The van der Waals surface area contributed by atoms with E-state index in [4.69, 9.17) is 26.2 Å². The summed E-state index contributed by atoms with van der Waals surface area (Å²) in [5.74, 6) is -8.06. The first-order valence-electron chi connectivity index (χ1n) is 7.18. The molecule has 0 heterocycles. The van der Waals surface area contributed by atoms with Crippen LogP contribution in [0.25, 0.3) is 0 Å². The van der Waals surface area contributed by atoms with Gasteiger partial charge in [-0.25, -0.2) is 4.79 Å². The Morgan fingerprint density at radius 1 is 0.731 bits per heavy atom. The van der Waals surface area contributed by atoms with Crippen molar-refractivity contribution < 1.29 is 49.2 Å². The van der Waals surface area contributed by atoms with E-state index in [-0.39, 0.29) is 0 Å². The second kappa shape index (κ2) is 10.6. The average molecular weight is 377 g/mol. The third-order valence-corrected chi connectivity index (χ3v) is 3.00. The Morgan fingerprint density at radius 2 is 1.23 bits per heavy atom. The molecule has 0 aliphatic carbocycles. The van der Waals surface area contributed by atoms with Crippen molar-refractivity contribution in [2.45, 2.75) is 43.8 Å². The largest absolute Gasteiger partial charge is 0.481 e. The van der Waals surface area contributed by atoms with Crippen LogP contribution in [0.5, 0.6) is 0 Å². The van der Waals surface area contributed by atoms with E-state index in [9.17, 15) is 28.8 Å². The van der Waals surface area contributed by atoms with E-state index >= 15 is 0 Å². The average Bonchev–Trinajstić information content (AvgIpc) is 2.48. The fourth-order valence-electron chi connectivity index (χ4n) is 1.74. The highest BCUT2D eigenvalue weighted by Gasteiger charge is 2.29. The molecule has 0 fully saturated rings. The molecule has 3 unspecified atom stereocenters. The number of carboxylic acid groups (broad SMARTS) is 4. The first-order chi connectivity index (χ1) is 11.9. The van der Waals surface area contributed by atoms with Crippen LogP contribution < -0.4 is 16.4 Å². The van der Waals surface area contributed by atoms with Gasteiger partial charge in [-0.2, -0.15) is 0 Å². The van der Waals surface area contributed by atoms with Crippen molar-refractivity contribution in [3.63, 3.8) is 0 Å². The molecule has 0 rings (SSSR count). The molecule has 0 aliphatic heterocycles. The van der Waals surface area contributed by atoms with Crippen LogP contribution in [0.3, 0.4) is 0 Å². The second-order valence-corrected chi connectivity index (χ2v) is 5.20. The topological polar surface area (TPSA) is 233 Å². The van der Waals surface area contributed by atoms with Gasteiger partial charge in [-0.15, -0.1) is 0 Å². The van der Waals surface area contributed by atoms with Gasteiger partial charge in [0.25, 0.3) is 0 Å². The van der Waals surface area contributed by atoms with Crippen molar-refractivity contribution in [3.05, 3.63) is 0 Å². The molecule has 0 aromatic rings. The SMILES string of the molecule is NC(CC(=O)O)C(=O)NC(CCC(=O)O)C(=O)NC(CC(=O)O)C(=O)O. The van der Waals surface area contributed by atoms with Crippen LogP contribution in [-0.2, 0) is 28.8 Å². The van der Waals surface area contributed by atoms with Crippen LogP contribution >= 0.6 is 0 Å². The maximum atomic E-state index is 12.1. The lowest BCUT2D eigenvalue weighted by molar-refractivity contribution is -0.147. The molecule has 2 amide bonds. The lowest BCUT2D eigenvalue weighted by Crippen LogP contribution is -2.55. The first-order valence-corrected chi connectivity index (χ1v) is 7.18. The monoisotopic (exact) mass is 377 g/mol. The fraction of sp³-hybridized carbons (Fsp3) is 0.538. The zero-order valence-electron chi connectivity index (χ0n) is 13.4. The van der Waals surface area contributed by atoms with E-state index in [2.05, 4.69) is 0 Å². The Kier molecular flexibility index (Phi) is 9.29. The van der Waals surface area contributed by atoms with Gasteiger partial charge in [0.05, 0.1) is 18.9 Å². The predicted octanol–water partition coefficient (Wildman–Crippen LogP) is -2.82. The highest BCUT2D eigenvalue weighted by molar-refractivity contribution is 5.93. The number of nitrogens with one attached hydrogen (secondary N) is 2. The number of hydrogen-bond acceptors (Lipinski definition) is 7. The van der Waals surface area contributed by atoms with Gasteiger partial charge < -0.3 is 36.8 Å². The van der Waals surface area contributed by atoms with Crippen molar-refractivity contribution >= 4 is 35.7 Å². The molecule has 0 saturated carbocycles. The van der Waals surface area contributed by atoms with E-state index in [1.165, 1.54) is 0 Å². The lowest BCUT2D eigenvalue weighted by atomic mass is 10.1. The van der Waals surface area contributed by atoms with Crippen LogP contribution in [0.15, 0.2) is 0 Å². The number of carbonyl (C=O) groups is 6. The highest BCUT2D eigenvalue weighted by atomic mass is 16.4. The van der Waals surface area contributed by atoms with Gasteiger partial charge in [-0.05, 0) is 6.42 Å². The molecular weight excluding hydrogens is 358 g/mol. The quantitative estimate of drug-likeness (QED) is 0.183. The Balaban J connectivity index is 5.14. The molecular formula is C13H19N3O10. The van der Waals surface area contributed by atoms with E-state index in [1.54, 1.807) is 0 Å². The molecule has 0 saturated heterocycles. The molecule has 146 valence electrons. The number of hydrogen-bond donors (Lipinski definition) is 7. The summed E-state index contributed by atoms with van der Waals surface area (Å²) in [5.41, 5.74) is 5.33. The maximum Gasteiger partial charge on any atom is 0.326 e. The normalized spacial score (nSPS) is 13.7. The summed E-state index contributed by atoms with van der Waals surface area (Å²) in [4.78, 5) is 66.7. The van der Waals surface area contributed by atoms with Gasteiger partial charge in [0.2, 0.25) is 11.8 Å². The molecule has 0 bridgehead atoms. The number of aliphatic carboxylic acids is 4. The smallest absolute Gasteiger partial charge is 0.326 e. The van der Waals surface area contributed by atoms with Crippen LogP contribution in [0, 0.1) is 0 Å². The van der Waals surface area contributed by atoms with E-state index in [1.807, 2.05) is 10.6 Å². The Morgan fingerprint density at radius 3 is 1.65 bits per heavy atom. The van der Waals surface area contributed by atoms with Crippen LogP contribution in [0.2, 0.25) is 0 Å². The molecule has 0 aromatic heterocycles. The van der Waals surface area contributed by atoms with Gasteiger partial charge in [-0.3, -0.25) is 24.0 Å². The Hall–Kier alpha value is -3.22. The first kappa shape index (κ1) is 22.8. The summed E-state index contributed by atoms with van der Waals surface area (Å²) in [7, 11) is 0. The van der Waals surface area contributed by atoms with Crippen molar-refractivity contribution in [2.75, 3.05) is 0 Å². The number of amides is 2. The third-order valence-electron chi connectivity index (χ3n) is 3.00. The van der Waals surface area contributed by atoms with E-state index in [0.29, 0.717) is 0 Å². The molecule has 13 nitrogen and oxygen atoms in total. The number of rotatable bonds is 12. The minimum atomic E-state index is -1.81. The standard InChI is InChI=1S/C13H19N3O10/c14-5(3-9(19)20)11(23)15-6(1-2-8(17)18)12(24)16-7(13(25)26)4-10(21)22/h5-7H,1-4,14H2,(H,15,23)(H,16,24)(H,17,18)(H,19,20)(H,21,22)(H,25,26). The van der Waals surface area contributed by atoms with Gasteiger partial charge in [0, 0.05) is 6.42 Å². The summed E-state index contributed by atoms with van der Waals surface area (Å²) in [6.45, 7) is 0. The molecule has 0 spiro atoms. The number of carbonyl (C=O) groups excluding carboxylic acids is 2. The molecule has 26 heavy (non-hydrogen) atoms. The van der Waals surface area contributed by atoms with Gasteiger partial charge in [-0.1, -0.05) is 0 Å². The third kappa shape index (κ3) is 9.17. The molecule has 3 atom stereocenters. The second-order valence-electron chi connectivity index (χ2n) is 5.20. The van der Waals surface area contributed by atoms with Gasteiger partial charge >= 0.3 is 23.9 Å². The lowest BCUT2D eigenvalue weighted by Gasteiger charge is -2.21. The molecule has 0 aliphatic rings. The van der Waals surface area contributed by atoms with Gasteiger partial charge in [0.15, 0.2) is 0 Å². The van der Waals surface area contributed by atoms with Crippen LogP contribution in [0.1, 0.15) is 25.7 Å². The van der Waals surface area contributed by atoms with E-state index in [0.717, 1.165) is 0 Å². The maximum absolute atomic E-state index is 12.1. The molecule has 0 aromatic carbocycles. The minimum Gasteiger partial charge on any atom is -0.481 e. The molecule has 0 radical (unpaired) electrons. The van der Waals surface area contributed by atoms with Crippen molar-refractivity contribution in [1.82, 2.24) is 10.6 Å².